The summed E-state index contributed by atoms with van der Waals surface area (Å²) in [6.45, 7) is 7.83. The van der Waals surface area contributed by atoms with Gasteiger partial charge in [-0.05, 0) is 49.5 Å². The van der Waals surface area contributed by atoms with Crippen LogP contribution in [-0.2, 0) is 19.5 Å². The third-order valence-electron chi connectivity index (χ3n) is 4.22. The number of nitrogens with one attached hydrogen (secondary N) is 1. The Labute approximate surface area is 111 Å². The molecule has 1 aromatic carbocycles. The molecule has 0 radical (unpaired) electrons. The summed E-state index contributed by atoms with van der Waals surface area (Å²) in [5, 5.41) is 3.45. The van der Waals surface area contributed by atoms with Crippen LogP contribution in [0.15, 0.2) is 18.2 Å². The van der Waals surface area contributed by atoms with E-state index in [4.69, 9.17) is 0 Å². The Bertz CT molecular complexity index is 383. The largest absolute Gasteiger partial charge is 0.312 e. The van der Waals surface area contributed by atoms with Crippen molar-refractivity contribution in [2.45, 2.75) is 52.2 Å². The van der Waals surface area contributed by atoms with Crippen LogP contribution in [0.5, 0.6) is 0 Å². The first-order chi connectivity index (χ1) is 8.76. The molecule has 2 nitrogen and oxygen atoms in total. The topological polar surface area (TPSA) is 15.3 Å². The number of hydrogen-bond acceptors (Lipinski definition) is 2. The average molecular weight is 246 g/mol. The van der Waals surface area contributed by atoms with Gasteiger partial charge in [0.2, 0.25) is 0 Å². The molecule has 0 atom stereocenters. The second-order valence-electron chi connectivity index (χ2n) is 5.37. The first-order valence-electron chi connectivity index (χ1n) is 7.26. The van der Waals surface area contributed by atoms with E-state index in [0.717, 1.165) is 19.6 Å². The van der Waals surface area contributed by atoms with E-state index < -0.39 is 0 Å². The lowest BCUT2D eigenvalue weighted by Crippen LogP contribution is -2.31. The standard InChI is InChI=1S/C16H26N2/c1-4-15(5-2)18(3)12-14-8-6-7-13-11-17-10-9-16(13)14/h6-8,15,17H,4-5,9-12H2,1-3H3. The first-order valence-corrected chi connectivity index (χ1v) is 7.26. The summed E-state index contributed by atoms with van der Waals surface area (Å²) < 4.78 is 0. The molecule has 0 fully saturated rings. The van der Waals surface area contributed by atoms with Gasteiger partial charge in [-0.25, -0.2) is 0 Å². The lowest BCUT2D eigenvalue weighted by molar-refractivity contribution is 0.221. The zero-order chi connectivity index (χ0) is 13.0. The monoisotopic (exact) mass is 246 g/mol. The minimum absolute atomic E-state index is 0.711. The molecule has 18 heavy (non-hydrogen) atoms. The molecule has 1 aliphatic rings. The maximum absolute atomic E-state index is 3.45. The Morgan fingerprint density at radius 3 is 2.78 bits per heavy atom. The molecule has 100 valence electrons. The molecule has 2 heteroatoms. The van der Waals surface area contributed by atoms with Crippen LogP contribution in [0.1, 0.15) is 43.4 Å². The summed E-state index contributed by atoms with van der Waals surface area (Å²) in [6, 6.07) is 7.50. The molecule has 0 saturated heterocycles. The van der Waals surface area contributed by atoms with Crippen LogP contribution >= 0.6 is 0 Å². The predicted molar refractivity (Wildman–Crippen MR) is 77.7 cm³/mol. The van der Waals surface area contributed by atoms with Crippen LogP contribution in [-0.4, -0.2) is 24.5 Å². The van der Waals surface area contributed by atoms with Gasteiger partial charge in [-0.15, -0.1) is 0 Å². The quantitative estimate of drug-likeness (QED) is 0.859. The van der Waals surface area contributed by atoms with Crippen LogP contribution in [0.2, 0.25) is 0 Å². The predicted octanol–water partition coefficient (Wildman–Crippen LogP) is 2.95. The fourth-order valence-electron chi connectivity index (χ4n) is 3.07. The molecule has 1 heterocycles. The maximum Gasteiger partial charge on any atom is 0.0236 e. The van der Waals surface area contributed by atoms with Crippen LogP contribution in [0.3, 0.4) is 0 Å². The SMILES string of the molecule is CCC(CC)N(C)Cc1cccc2c1CCNC2. The van der Waals surface area contributed by atoms with Crippen molar-refractivity contribution in [3.8, 4) is 0 Å². The van der Waals surface area contributed by atoms with Gasteiger partial charge in [0.05, 0.1) is 0 Å². The molecule has 2 rings (SSSR count). The van der Waals surface area contributed by atoms with Crippen LogP contribution < -0.4 is 5.32 Å². The fraction of sp³-hybridized carbons (Fsp3) is 0.625. The zero-order valence-electron chi connectivity index (χ0n) is 12.0. The second-order valence-corrected chi connectivity index (χ2v) is 5.37. The molecule has 0 bridgehead atoms. The average Bonchev–Trinajstić information content (AvgIpc) is 2.40. The summed E-state index contributed by atoms with van der Waals surface area (Å²) in [7, 11) is 2.26. The van der Waals surface area contributed by atoms with E-state index in [9.17, 15) is 0 Å². The third kappa shape index (κ3) is 2.93. The van der Waals surface area contributed by atoms with Gasteiger partial charge < -0.3 is 5.32 Å². The highest BCUT2D eigenvalue weighted by Crippen LogP contribution is 2.21. The molecule has 0 aromatic heterocycles. The van der Waals surface area contributed by atoms with Gasteiger partial charge >= 0.3 is 0 Å². The van der Waals surface area contributed by atoms with Gasteiger partial charge in [0, 0.05) is 19.1 Å². The maximum atomic E-state index is 3.45. The summed E-state index contributed by atoms with van der Waals surface area (Å²) in [5.74, 6) is 0. The Hall–Kier alpha value is -0.860. The molecule has 1 N–H and O–H groups in total. The van der Waals surface area contributed by atoms with Gasteiger partial charge in [0.15, 0.2) is 0 Å². The number of fused-ring (bicyclic) bond motifs is 1. The Kier molecular flexibility index (Phi) is 4.79. The van der Waals surface area contributed by atoms with Crippen molar-refractivity contribution in [2.75, 3.05) is 13.6 Å². The minimum atomic E-state index is 0.711. The highest BCUT2D eigenvalue weighted by Gasteiger charge is 2.16. The molecule has 0 spiro atoms. The van der Waals surface area contributed by atoms with Gasteiger partial charge in [0.1, 0.15) is 0 Å². The van der Waals surface area contributed by atoms with Crippen molar-refractivity contribution in [2.24, 2.45) is 0 Å². The van der Waals surface area contributed by atoms with Crippen molar-refractivity contribution in [3.05, 3.63) is 34.9 Å². The Morgan fingerprint density at radius 1 is 1.28 bits per heavy atom. The summed E-state index contributed by atoms with van der Waals surface area (Å²) in [5.41, 5.74) is 4.62. The Balaban J connectivity index is 2.14. The van der Waals surface area contributed by atoms with E-state index in [0.29, 0.717) is 6.04 Å². The lowest BCUT2D eigenvalue weighted by atomic mass is 9.95. The van der Waals surface area contributed by atoms with Crippen molar-refractivity contribution in [3.63, 3.8) is 0 Å². The van der Waals surface area contributed by atoms with E-state index >= 15 is 0 Å². The number of hydrogen-bond donors (Lipinski definition) is 1. The molecular formula is C16H26N2. The summed E-state index contributed by atoms with van der Waals surface area (Å²) in [4.78, 5) is 2.51. The zero-order valence-corrected chi connectivity index (χ0v) is 12.0. The fourth-order valence-corrected chi connectivity index (χ4v) is 3.07. The molecule has 1 aromatic rings. The first kappa shape index (κ1) is 13.6. The molecule has 0 aliphatic carbocycles. The number of nitrogens with zero attached hydrogens (tertiary/aromatic N) is 1. The minimum Gasteiger partial charge on any atom is -0.312 e. The highest BCUT2D eigenvalue weighted by molar-refractivity contribution is 5.37. The van der Waals surface area contributed by atoms with Crippen molar-refractivity contribution in [1.29, 1.82) is 0 Å². The molecule has 0 unspecified atom stereocenters. The van der Waals surface area contributed by atoms with Gasteiger partial charge in [0.25, 0.3) is 0 Å². The van der Waals surface area contributed by atoms with Crippen LogP contribution in [0.25, 0.3) is 0 Å². The van der Waals surface area contributed by atoms with E-state index in [1.807, 2.05) is 0 Å². The third-order valence-corrected chi connectivity index (χ3v) is 4.22. The molecular weight excluding hydrogens is 220 g/mol. The number of rotatable bonds is 5. The normalized spacial score (nSPS) is 15.2. The lowest BCUT2D eigenvalue weighted by Gasteiger charge is -2.28. The van der Waals surface area contributed by atoms with Crippen molar-refractivity contribution < 1.29 is 0 Å². The van der Waals surface area contributed by atoms with Crippen molar-refractivity contribution in [1.82, 2.24) is 10.2 Å². The van der Waals surface area contributed by atoms with E-state index in [1.165, 1.54) is 30.4 Å². The van der Waals surface area contributed by atoms with Gasteiger partial charge in [-0.1, -0.05) is 32.0 Å². The molecule has 0 amide bonds. The molecule has 0 saturated carbocycles. The smallest absolute Gasteiger partial charge is 0.0236 e. The van der Waals surface area contributed by atoms with E-state index in [1.54, 1.807) is 5.56 Å². The van der Waals surface area contributed by atoms with Gasteiger partial charge in [-0.2, -0.15) is 0 Å². The Morgan fingerprint density at radius 2 is 2.06 bits per heavy atom. The molecule has 1 aliphatic heterocycles. The van der Waals surface area contributed by atoms with Gasteiger partial charge in [-0.3, -0.25) is 4.90 Å². The number of benzene rings is 1. The second kappa shape index (κ2) is 6.35. The van der Waals surface area contributed by atoms with E-state index in [-0.39, 0.29) is 0 Å². The highest BCUT2D eigenvalue weighted by atomic mass is 15.1. The summed E-state index contributed by atoms with van der Waals surface area (Å²) >= 11 is 0. The van der Waals surface area contributed by atoms with Crippen molar-refractivity contribution >= 4 is 0 Å². The van der Waals surface area contributed by atoms with E-state index in [2.05, 4.69) is 49.3 Å². The summed E-state index contributed by atoms with van der Waals surface area (Å²) in [6.07, 6.45) is 3.66. The van der Waals surface area contributed by atoms with Crippen LogP contribution in [0.4, 0.5) is 0 Å². The van der Waals surface area contributed by atoms with Crippen LogP contribution in [0, 0.1) is 0 Å².